The highest BCUT2D eigenvalue weighted by atomic mass is 16.5. The molecule has 1 amide bonds. The lowest BCUT2D eigenvalue weighted by atomic mass is 9.97. The van der Waals surface area contributed by atoms with E-state index in [0.29, 0.717) is 18.7 Å². The van der Waals surface area contributed by atoms with Gasteiger partial charge in [0, 0.05) is 31.5 Å². The summed E-state index contributed by atoms with van der Waals surface area (Å²) in [5, 5.41) is 4.30. The lowest BCUT2D eigenvalue weighted by Gasteiger charge is -2.48. The number of nitrogens with zero attached hydrogens (tertiary/aromatic N) is 4. The van der Waals surface area contributed by atoms with Gasteiger partial charge in [0.1, 0.15) is 5.75 Å². The number of aromatic nitrogens is 2. The largest absolute Gasteiger partial charge is 0.497 e. The molecular formula is C21H24N4O2. The maximum absolute atomic E-state index is 13.1. The minimum absolute atomic E-state index is 0.0404. The van der Waals surface area contributed by atoms with Crippen LogP contribution in [0.4, 0.5) is 5.69 Å². The zero-order chi connectivity index (χ0) is 19.0. The van der Waals surface area contributed by atoms with E-state index in [9.17, 15) is 4.79 Å². The number of rotatable bonds is 3. The number of hydrogen-bond acceptors (Lipinski definition) is 4. The predicted octanol–water partition coefficient (Wildman–Crippen LogP) is 3.08. The SMILES string of the molecule is COc1ccc(N2CCN(C(=O)c3cnn4ccccc34)CC2(C)C)cc1. The van der Waals surface area contributed by atoms with Gasteiger partial charge in [0.25, 0.3) is 5.91 Å². The van der Waals surface area contributed by atoms with E-state index in [4.69, 9.17) is 4.74 Å². The lowest BCUT2D eigenvalue weighted by molar-refractivity contribution is 0.0688. The van der Waals surface area contributed by atoms with Crippen LogP contribution >= 0.6 is 0 Å². The number of piperazine rings is 1. The summed E-state index contributed by atoms with van der Waals surface area (Å²) in [6, 6.07) is 13.9. The molecular weight excluding hydrogens is 340 g/mol. The highest BCUT2D eigenvalue weighted by Gasteiger charge is 2.36. The van der Waals surface area contributed by atoms with E-state index < -0.39 is 0 Å². The second kappa shape index (κ2) is 6.61. The molecule has 1 aliphatic rings. The van der Waals surface area contributed by atoms with E-state index in [1.54, 1.807) is 17.8 Å². The van der Waals surface area contributed by atoms with Crippen molar-refractivity contribution in [2.75, 3.05) is 31.6 Å². The third-order valence-corrected chi connectivity index (χ3v) is 5.23. The number of anilines is 1. The molecule has 1 fully saturated rings. The first-order valence-corrected chi connectivity index (χ1v) is 9.13. The van der Waals surface area contributed by atoms with Crippen molar-refractivity contribution in [3.63, 3.8) is 0 Å². The summed E-state index contributed by atoms with van der Waals surface area (Å²) < 4.78 is 7.00. The summed E-state index contributed by atoms with van der Waals surface area (Å²) in [5.41, 5.74) is 2.47. The minimum atomic E-state index is -0.175. The van der Waals surface area contributed by atoms with Gasteiger partial charge in [0.15, 0.2) is 0 Å². The number of pyridine rings is 1. The number of amides is 1. The summed E-state index contributed by atoms with van der Waals surface area (Å²) in [5.74, 6) is 0.886. The molecule has 0 N–H and O–H groups in total. The molecule has 3 heterocycles. The van der Waals surface area contributed by atoms with E-state index in [-0.39, 0.29) is 11.4 Å². The van der Waals surface area contributed by atoms with Crippen LogP contribution in [-0.2, 0) is 0 Å². The van der Waals surface area contributed by atoms with Crippen molar-refractivity contribution in [1.29, 1.82) is 0 Å². The molecule has 1 aromatic carbocycles. The van der Waals surface area contributed by atoms with Crippen molar-refractivity contribution in [1.82, 2.24) is 14.5 Å². The Balaban J connectivity index is 1.55. The average molecular weight is 364 g/mol. The Morgan fingerprint density at radius 1 is 1.11 bits per heavy atom. The third-order valence-electron chi connectivity index (χ3n) is 5.23. The Bertz CT molecular complexity index is 962. The Hall–Kier alpha value is -3.02. The van der Waals surface area contributed by atoms with Gasteiger partial charge in [0.2, 0.25) is 0 Å². The summed E-state index contributed by atoms with van der Waals surface area (Å²) >= 11 is 0. The molecule has 27 heavy (non-hydrogen) atoms. The van der Waals surface area contributed by atoms with Crippen molar-refractivity contribution in [3.8, 4) is 5.75 Å². The first-order valence-electron chi connectivity index (χ1n) is 9.13. The number of benzene rings is 1. The zero-order valence-electron chi connectivity index (χ0n) is 15.9. The molecule has 1 aliphatic heterocycles. The molecule has 0 bridgehead atoms. The number of methoxy groups -OCH3 is 1. The Kier molecular flexibility index (Phi) is 4.26. The fourth-order valence-corrected chi connectivity index (χ4v) is 3.84. The van der Waals surface area contributed by atoms with Crippen molar-refractivity contribution < 1.29 is 9.53 Å². The number of fused-ring (bicyclic) bond motifs is 1. The average Bonchev–Trinajstić information content (AvgIpc) is 3.11. The Morgan fingerprint density at radius 3 is 2.59 bits per heavy atom. The van der Waals surface area contributed by atoms with Crippen LogP contribution in [0.15, 0.2) is 54.9 Å². The van der Waals surface area contributed by atoms with Crippen LogP contribution in [-0.4, -0.2) is 52.7 Å². The van der Waals surface area contributed by atoms with Gasteiger partial charge < -0.3 is 14.5 Å². The molecule has 0 atom stereocenters. The van der Waals surface area contributed by atoms with Gasteiger partial charge in [-0.15, -0.1) is 0 Å². The maximum atomic E-state index is 13.1. The van der Waals surface area contributed by atoms with Gasteiger partial charge in [-0.25, -0.2) is 4.52 Å². The summed E-state index contributed by atoms with van der Waals surface area (Å²) in [6.45, 7) is 6.46. The van der Waals surface area contributed by atoms with E-state index in [0.717, 1.165) is 23.5 Å². The minimum Gasteiger partial charge on any atom is -0.497 e. The molecule has 140 valence electrons. The number of ether oxygens (including phenoxy) is 1. The second-order valence-electron chi connectivity index (χ2n) is 7.48. The maximum Gasteiger partial charge on any atom is 0.257 e. The van der Waals surface area contributed by atoms with Gasteiger partial charge in [-0.3, -0.25) is 4.79 Å². The molecule has 0 aliphatic carbocycles. The molecule has 6 heteroatoms. The molecule has 1 saturated heterocycles. The first-order chi connectivity index (χ1) is 13.0. The summed E-state index contributed by atoms with van der Waals surface area (Å²) in [6.07, 6.45) is 3.53. The molecule has 3 aromatic rings. The molecule has 0 saturated carbocycles. The van der Waals surface area contributed by atoms with Crippen LogP contribution in [0, 0.1) is 0 Å². The van der Waals surface area contributed by atoms with Crippen LogP contribution in [0.25, 0.3) is 5.52 Å². The zero-order valence-corrected chi connectivity index (χ0v) is 15.9. The van der Waals surface area contributed by atoms with E-state index in [1.165, 1.54) is 0 Å². The standard InChI is InChI=1S/C21H24N4O2/c1-21(2)15-23(12-13-24(21)16-7-9-17(27-3)10-8-16)20(26)18-14-22-25-11-5-4-6-19(18)25/h4-11,14H,12-13,15H2,1-3H3. The molecule has 2 aromatic heterocycles. The quantitative estimate of drug-likeness (QED) is 0.717. The van der Waals surface area contributed by atoms with Crippen molar-refractivity contribution in [3.05, 3.63) is 60.4 Å². The van der Waals surface area contributed by atoms with Crippen LogP contribution in [0.3, 0.4) is 0 Å². The van der Waals surface area contributed by atoms with Crippen molar-refractivity contribution >= 4 is 17.1 Å². The Morgan fingerprint density at radius 2 is 1.89 bits per heavy atom. The molecule has 6 nitrogen and oxygen atoms in total. The predicted molar refractivity (Wildman–Crippen MR) is 106 cm³/mol. The molecule has 4 rings (SSSR count). The fraction of sp³-hybridized carbons (Fsp3) is 0.333. The van der Waals surface area contributed by atoms with E-state index in [1.807, 2.05) is 41.4 Å². The Labute approximate surface area is 159 Å². The number of carbonyl (C=O) groups excluding carboxylic acids is 1. The van der Waals surface area contributed by atoms with Crippen LogP contribution in [0.2, 0.25) is 0 Å². The highest BCUT2D eigenvalue weighted by molar-refractivity contribution is 6.00. The lowest BCUT2D eigenvalue weighted by Crippen LogP contribution is -2.60. The van der Waals surface area contributed by atoms with Gasteiger partial charge >= 0.3 is 0 Å². The molecule has 0 spiro atoms. The van der Waals surface area contributed by atoms with Crippen LogP contribution < -0.4 is 9.64 Å². The van der Waals surface area contributed by atoms with Crippen molar-refractivity contribution in [2.45, 2.75) is 19.4 Å². The number of hydrogen-bond donors (Lipinski definition) is 0. The normalized spacial score (nSPS) is 16.6. The van der Waals surface area contributed by atoms with Gasteiger partial charge in [0.05, 0.1) is 29.9 Å². The highest BCUT2D eigenvalue weighted by Crippen LogP contribution is 2.30. The van der Waals surface area contributed by atoms with E-state index in [2.05, 4.69) is 36.0 Å². The number of carbonyl (C=O) groups is 1. The van der Waals surface area contributed by atoms with Gasteiger partial charge in [-0.2, -0.15) is 5.10 Å². The third kappa shape index (κ3) is 3.12. The fourth-order valence-electron chi connectivity index (χ4n) is 3.84. The van der Waals surface area contributed by atoms with Gasteiger partial charge in [-0.1, -0.05) is 6.07 Å². The monoisotopic (exact) mass is 364 g/mol. The summed E-state index contributed by atoms with van der Waals surface area (Å²) in [7, 11) is 1.67. The second-order valence-corrected chi connectivity index (χ2v) is 7.48. The first kappa shape index (κ1) is 17.4. The van der Waals surface area contributed by atoms with Crippen LogP contribution in [0.5, 0.6) is 5.75 Å². The topological polar surface area (TPSA) is 50.1 Å². The van der Waals surface area contributed by atoms with E-state index >= 15 is 0 Å². The smallest absolute Gasteiger partial charge is 0.257 e. The summed E-state index contributed by atoms with van der Waals surface area (Å²) in [4.78, 5) is 17.4. The molecule has 0 radical (unpaired) electrons. The van der Waals surface area contributed by atoms with Crippen LogP contribution in [0.1, 0.15) is 24.2 Å². The molecule has 0 unspecified atom stereocenters. The van der Waals surface area contributed by atoms with Crippen molar-refractivity contribution in [2.24, 2.45) is 0 Å². The van der Waals surface area contributed by atoms with Gasteiger partial charge in [-0.05, 0) is 50.2 Å².